The molecular weight excluding hydrogens is 328 g/mol. The van der Waals surface area contributed by atoms with E-state index in [1.54, 1.807) is 19.2 Å². The lowest BCUT2D eigenvalue weighted by molar-refractivity contribution is -0.145. The van der Waals surface area contributed by atoms with Gasteiger partial charge in [0.2, 0.25) is 0 Å². The predicted octanol–water partition coefficient (Wildman–Crippen LogP) is 4.96. The molecule has 24 heavy (non-hydrogen) atoms. The molecule has 5 heteroatoms. The molecule has 2 fully saturated rings. The number of carboxylic acids is 1. The number of methoxy groups -OCH3 is 1. The fraction of sp³-hybridized carbons (Fsp3) is 0.632. The first-order chi connectivity index (χ1) is 11.6. The zero-order chi connectivity index (χ0) is 17.2. The van der Waals surface area contributed by atoms with Crippen LogP contribution in [0.3, 0.4) is 0 Å². The topological polar surface area (TPSA) is 55.8 Å². The Morgan fingerprint density at radius 2 is 1.79 bits per heavy atom. The molecule has 0 amide bonds. The van der Waals surface area contributed by atoms with E-state index in [0.717, 1.165) is 32.1 Å². The normalized spacial score (nSPS) is 20.8. The van der Waals surface area contributed by atoms with Gasteiger partial charge in [-0.2, -0.15) is 0 Å². The van der Waals surface area contributed by atoms with Crippen LogP contribution >= 0.6 is 11.6 Å². The molecule has 2 saturated carbocycles. The third-order valence-corrected chi connectivity index (χ3v) is 5.79. The van der Waals surface area contributed by atoms with Crippen LogP contribution < -0.4 is 9.47 Å². The molecule has 0 aliphatic heterocycles. The first-order valence-electron chi connectivity index (χ1n) is 8.85. The maximum Gasteiger partial charge on any atom is 0.314 e. The average Bonchev–Trinajstić information content (AvgIpc) is 3.08. The van der Waals surface area contributed by atoms with Crippen LogP contribution in [-0.2, 0) is 10.2 Å². The molecule has 2 aliphatic rings. The minimum Gasteiger partial charge on any atom is -0.493 e. The molecule has 4 nitrogen and oxygen atoms in total. The maximum atomic E-state index is 12.1. The van der Waals surface area contributed by atoms with Gasteiger partial charge in [-0.15, -0.1) is 0 Å². The lowest BCUT2D eigenvalue weighted by Crippen LogP contribution is -2.38. The molecule has 0 aromatic heterocycles. The van der Waals surface area contributed by atoms with Crippen LogP contribution in [0.1, 0.15) is 63.4 Å². The van der Waals surface area contributed by atoms with Crippen molar-refractivity contribution in [2.75, 3.05) is 7.11 Å². The van der Waals surface area contributed by atoms with Gasteiger partial charge in [-0.1, -0.05) is 30.9 Å². The fourth-order valence-corrected chi connectivity index (χ4v) is 4.43. The van der Waals surface area contributed by atoms with Crippen LogP contribution in [0.25, 0.3) is 0 Å². The summed E-state index contributed by atoms with van der Waals surface area (Å²) in [6, 6.07) is 3.53. The third kappa shape index (κ3) is 3.21. The van der Waals surface area contributed by atoms with Crippen molar-refractivity contribution in [3.8, 4) is 11.5 Å². The van der Waals surface area contributed by atoms with Gasteiger partial charge in [0.25, 0.3) is 0 Å². The van der Waals surface area contributed by atoms with Crippen LogP contribution in [0.2, 0.25) is 5.02 Å². The Morgan fingerprint density at radius 3 is 2.38 bits per heavy atom. The summed E-state index contributed by atoms with van der Waals surface area (Å²) in [5, 5.41) is 10.4. The number of rotatable bonds is 5. The molecule has 0 saturated heterocycles. The smallest absolute Gasteiger partial charge is 0.314 e. The Hall–Kier alpha value is -1.42. The number of aliphatic carboxylic acids is 1. The van der Waals surface area contributed by atoms with E-state index < -0.39 is 11.4 Å². The maximum absolute atomic E-state index is 12.1. The van der Waals surface area contributed by atoms with Crippen LogP contribution in [0, 0.1) is 0 Å². The second-order valence-corrected chi connectivity index (χ2v) is 7.36. The fourth-order valence-electron chi connectivity index (χ4n) is 4.09. The highest BCUT2D eigenvalue weighted by molar-refractivity contribution is 6.32. The molecule has 1 aromatic rings. The molecule has 1 N–H and O–H groups in total. The highest BCUT2D eigenvalue weighted by Gasteiger charge is 2.43. The summed E-state index contributed by atoms with van der Waals surface area (Å²) in [6.07, 6.45) is 8.78. The van der Waals surface area contributed by atoms with Crippen LogP contribution in [0.5, 0.6) is 11.5 Å². The van der Waals surface area contributed by atoms with Crippen molar-refractivity contribution in [3.63, 3.8) is 0 Å². The van der Waals surface area contributed by atoms with Gasteiger partial charge in [0.15, 0.2) is 11.5 Å². The van der Waals surface area contributed by atoms with E-state index >= 15 is 0 Å². The first-order valence-corrected chi connectivity index (χ1v) is 9.23. The summed E-state index contributed by atoms with van der Waals surface area (Å²) in [7, 11) is 1.59. The summed E-state index contributed by atoms with van der Waals surface area (Å²) < 4.78 is 11.5. The van der Waals surface area contributed by atoms with Gasteiger partial charge in [-0.25, -0.2) is 0 Å². The van der Waals surface area contributed by atoms with E-state index in [0.29, 0.717) is 34.9 Å². The second-order valence-electron chi connectivity index (χ2n) is 6.96. The average molecular weight is 353 g/mol. The summed E-state index contributed by atoms with van der Waals surface area (Å²) in [5.74, 6) is 0.401. The summed E-state index contributed by atoms with van der Waals surface area (Å²) in [6.45, 7) is 0. The molecule has 1 aromatic carbocycles. The van der Waals surface area contributed by atoms with Crippen LogP contribution in [-0.4, -0.2) is 24.3 Å². The number of carboxylic acid groups (broad SMARTS) is 1. The number of hydrogen-bond donors (Lipinski definition) is 1. The van der Waals surface area contributed by atoms with E-state index in [9.17, 15) is 9.90 Å². The van der Waals surface area contributed by atoms with E-state index in [2.05, 4.69) is 0 Å². The Morgan fingerprint density at radius 1 is 1.12 bits per heavy atom. The molecule has 0 spiro atoms. The number of carbonyl (C=O) groups is 1. The molecule has 0 heterocycles. The lowest BCUT2D eigenvalue weighted by atomic mass is 9.69. The summed E-state index contributed by atoms with van der Waals surface area (Å²) >= 11 is 6.51. The van der Waals surface area contributed by atoms with Crippen molar-refractivity contribution in [3.05, 3.63) is 22.7 Å². The Bertz CT molecular complexity index is 602. The summed E-state index contributed by atoms with van der Waals surface area (Å²) in [5.41, 5.74) is -0.249. The zero-order valence-electron chi connectivity index (χ0n) is 14.1. The molecule has 0 atom stereocenters. The van der Waals surface area contributed by atoms with Crippen molar-refractivity contribution < 1.29 is 19.4 Å². The summed E-state index contributed by atoms with van der Waals surface area (Å²) in [4.78, 5) is 12.1. The molecule has 132 valence electrons. The number of ether oxygens (including phenoxy) is 2. The number of hydrogen-bond acceptors (Lipinski definition) is 3. The van der Waals surface area contributed by atoms with Crippen molar-refractivity contribution in [1.82, 2.24) is 0 Å². The van der Waals surface area contributed by atoms with Crippen LogP contribution in [0.15, 0.2) is 12.1 Å². The lowest BCUT2D eigenvalue weighted by Gasteiger charge is -2.34. The zero-order valence-corrected chi connectivity index (χ0v) is 14.9. The van der Waals surface area contributed by atoms with Gasteiger partial charge >= 0.3 is 5.97 Å². The number of benzene rings is 1. The van der Waals surface area contributed by atoms with Gasteiger partial charge in [0, 0.05) is 11.1 Å². The molecule has 0 unspecified atom stereocenters. The first kappa shape index (κ1) is 17.4. The van der Waals surface area contributed by atoms with Crippen molar-refractivity contribution in [2.24, 2.45) is 0 Å². The quantitative estimate of drug-likeness (QED) is 0.814. The molecule has 0 radical (unpaired) electrons. The minimum absolute atomic E-state index is 0.198. The SMILES string of the molecule is COc1cc(C2(C(=O)O)CCCCC2)c(Cl)cc1OC1CCCC1. The Balaban J connectivity index is 1.97. The monoisotopic (exact) mass is 352 g/mol. The van der Waals surface area contributed by atoms with E-state index in [1.165, 1.54) is 12.8 Å². The third-order valence-electron chi connectivity index (χ3n) is 5.48. The predicted molar refractivity (Wildman–Crippen MR) is 93.3 cm³/mol. The second kappa shape index (κ2) is 7.22. The number of halogens is 1. The molecule has 3 rings (SSSR count). The van der Waals surface area contributed by atoms with Gasteiger partial charge in [0.1, 0.15) is 0 Å². The van der Waals surface area contributed by atoms with Gasteiger partial charge in [0.05, 0.1) is 18.6 Å². The molecule has 0 bridgehead atoms. The highest BCUT2D eigenvalue weighted by Crippen LogP contribution is 2.46. The Kier molecular flexibility index (Phi) is 5.24. The molecule has 2 aliphatic carbocycles. The van der Waals surface area contributed by atoms with Crippen molar-refractivity contribution >= 4 is 17.6 Å². The Labute approximate surface area is 148 Å². The highest BCUT2D eigenvalue weighted by atomic mass is 35.5. The van der Waals surface area contributed by atoms with Crippen molar-refractivity contribution in [1.29, 1.82) is 0 Å². The molecular formula is C19H25ClO4. The van der Waals surface area contributed by atoms with Gasteiger partial charge in [-0.05, 0) is 50.2 Å². The standard InChI is InChI=1S/C19H25ClO4/c1-23-16-11-14(19(18(21)22)9-5-2-6-10-19)15(20)12-17(16)24-13-7-3-4-8-13/h11-13H,2-10H2,1H3,(H,21,22). The van der Waals surface area contributed by atoms with E-state index in [1.807, 2.05) is 0 Å². The van der Waals surface area contributed by atoms with Crippen LogP contribution in [0.4, 0.5) is 0 Å². The largest absolute Gasteiger partial charge is 0.493 e. The van der Waals surface area contributed by atoms with Gasteiger partial charge < -0.3 is 14.6 Å². The minimum atomic E-state index is -0.908. The van der Waals surface area contributed by atoms with Crippen molar-refractivity contribution in [2.45, 2.75) is 69.3 Å². The van der Waals surface area contributed by atoms with E-state index in [4.69, 9.17) is 21.1 Å². The van der Waals surface area contributed by atoms with E-state index in [-0.39, 0.29) is 6.10 Å². The van der Waals surface area contributed by atoms with Gasteiger partial charge in [-0.3, -0.25) is 4.79 Å².